The monoisotopic (exact) mass is 188 g/mol. The molecule has 0 saturated carbocycles. The average Bonchev–Trinajstić information content (AvgIpc) is 2.43. The van der Waals surface area contributed by atoms with Crippen LogP contribution in [0.2, 0.25) is 0 Å². The maximum absolute atomic E-state index is 11.0. The Morgan fingerprint density at radius 3 is 2.69 bits per heavy atom. The van der Waals surface area contributed by atoms with Crippen LogP contribution in [0.5, 0.6) is 0 Å². The van der Waals surface area contributed by atoms with Crippen LogP contribution in [-0.4, -0.2) is 40.9 Å². The zero-order chi connectivity index (χ0) is 9.84. The van der Waals surface area contributed by atoms with Gasteiger partial charge in [0.1, 0.15) is 6.04 Å². The zero-order valence-electron chi connectivity index (χ0n) is 6.99. The Balaban J connectivity index is 2.31. The molecule has 0 radical (unpaired) electrons. The van der Waals surface area contributed by atoms with Gasteiger partial charge in [-0.2, -0.15) is 0 Å². The first-order valence-electron chi connectivity index (χ1n) is 4.02. The number of hydrogen-bond acceptors (Lipinski definition) is 4. The number of hydrogen-bond donors (Lipinski definition) is 4. The topological polar surface area (TPSA) is 98.7 Å². The summed E-state index contributed by atoms with van der Waals surface area (Å²) in [6.07, 6.45) is -0.00559. The number of aliphatic carboxylic acids is 1. The van der Waals surface area contributed by atoms with Gasteiger partial charge in [-0.3, -0.25) is 14.9 Å². The minimum absolute atomic E-state index is 0.00387. The quantitative estimate of drug-likeness (QED) is 0.419. The van der Waals surface area contributed by atoms with Crippen LogP contribution in [0.15, 0.2) is 0 Å². The van der Waals surface area contributed by atoms with Gasteiger partial charge in [-0.25, -0.2) is 0 Å². The lowest BCUT2D eigenvalue weighted by Crippen LogP contribution is -2.35. The molecule has 1 saturated heterocycles. The summed E-state index contributed by atoms with van der Waals surface area (Å²) in [4.78, 5) is 21.2. The minimum Gasteiger partial charge on any atom is -0.481 e. The summed E-state index contributed by atoms with van der Waals surface area (Å²) in [5, 5.41) is 22.4. The van der Waals surface area contributed by atoms with E-state index in [1.807, 2.05) is 0 Å². The van der Waals surface area contributed by atoms with Crippen molar-refractivity contribution in [3.8, 4) is 0 Å². The Labute approximate surface area is 74.9 Å². The molecule has 1 amide bonds. The lowest BCUT2D eigenvalue weighted by molar-refractivity contribution is -0.137. The summed E-state index contributed by atoms with van der Waals surface area (Å²) in [5.74, 6) is -1.18. The zero-order valence-corrected chi connectivity index (χ0v) is 6.99. The van der Waals surface area contributed by atoms with Crippen molar-refractivity contribution in [3.63, 3.8) is 0 Å². The molecular formula is C7H12N2O4. The fourth-order valence-corrected chi connectivity index (χ4v) is 1.19. The molecule has 0 aromatic carbocycles. The third-order valence-electron chi connectivity index (χ3n) is 1.86. The summed E-state index contributed by atoms with van der Waals surface area (Å²) >= 11 is 0. The van der Waals surface area contributed by atoms with Crippen molar-refractivity contribution in [3.05, 3.63) is 0 Å². The Hall–Kier alpha value is -1.14. The van der Waals surface area contributed by atoms with Crippen molar-refractivity contribution < 1.29 is 19.8 Å². The maximum Gasteiger partial charge on any atom is 0.303 e. The Kier molecular flexibility index (Phi) is 3.21. The first-order chi connectivity index (χ1) is 6.13. The molecule has 0 bridgehead atoms. The van der Waals surface area contributed by atoms with Gasteiger partial charge in [0.15, 0.2) is 0 Å². The number of carboxylic acids is 1. The van der Waals surface area contributed by atoms with E-state index in [1.165, 1.54) is 0 Å². The fourth-order valence-electron chi connectivity index (χ4n) is 1.19. The molecule has 6 nitrogen and oxygen atoms in total. The van der Waals surface area contributed by atoms with E-state index in [0.29, 0.717) is 6.42 Å². The molecule has 6 heteroatoms. The molecule has 74 valence electrons. The average molecular weight is 188 g/mol. The summed E-state index contributed by atoms with van der Waals surface area (Å²) in [6.45, 7) is -0.268. The lowest BCUT2D eigenvalue weighted by atomic mass is 10.2. The highest BCUT2D eigenvalue weighted by Gasteiger charge is 2.30. The van der Waals surface area contributed by atoms with E-state index in [-0.39, 0.29) is 25.1 Å². The molecular weight excluding hydrogens is 176 g/mol. The van der Waals surface area contributed by atoms with Gasteiger partial charge in [0.05, 0.1) is 12.8 Å². The van der Waals surface area contributed by atoms with Gasteiger partial charge in [0.25, 0.3) is 0 Å². The fraction of sp³-hybridized carbons (Fsp3) is 0.714. The highest BCUT2D eigenvalue weighted by atomic mass is 16.4. The van der Waals surface area contributed by atoms with Crippen LogP contribution < -0.4 is 10.6 Å². The molecule has 2 atom stereocenters. The Morgan fingerprint density at radius 2 is 2.23 bits per heavy atom. The summed E-state index contributed by atoms with van der Waals surface area (Å²) in [7, 11) is 0. The second kappa shape index (κ2) is 4.20. The number of amides is 1. The molecule has 1 aliphatic rings. The predicted molar refractivity (Wildman–Crippen MR) is 42.8 cm³/mol. The third kappa shape index (κ3) is 2.67. The van der Waals surface area contributed by atoms with Gasteiger partial charge in [0.2, 0.25) is 5.91 Å². The Bertz CT molecular complexity index is 219. The molecule has 1 heterocycles. The summed E-state index contributed by atoms with van der Waals surface area (Å²) in [5.41, 5.74) is 0. The standard InChI is InChI=1S/C7H12N2O4/c10-3-4-7(13)9-5(8-4)1-2-6(11)12/h4-5,8,10H,1-3H2,(H,9,13)(H,11,12)/t4-,5?/m0/s1. The first-order valence-corrected chi connectivity index (χ1v) is 4.02. The van der Waals surface area contributed by atoms with E-state index in [2.05, 4.69) is 10.6 Å². The third-order valence-corrected chi connectivity index (χ3v) is 1.86. The van der Waals surface area contributed by atoms with Crippen LogP contribution in [0.4, 0.5) is 0 Å². The number of nitrogens with one attached hydrogen (secondary N) is 2. The van der Waals surface area contributed by atoms with Crippen molar-refractivity contribution in [2.75, 3.05) is 6.61 Å². The minimum atomic E-state index is -0.900. The molecule has 0 spiro atoms. The number of rotatable bonds is 4. The second-order valence-corrected chi connectivity index (χ2v) is 2.90. The smallest absolute Gasteiger partial charge is 0.303 e. The van der Waals surface area contributed by atoms with Gasteiger partial charge in [0, 0.05) is 6.42 Å². The molecule has 0 aliphatic carbocycles. The highest BCUT2D eigenvalue weighted by Crippen LogP contribution is 2.02. The van der Waals surface area contributed by atoms with Crippen molar-refractivity contribution >= 4 is 11.9 Å². The molecule has 0 aromatic rings. The maximum atomic E-state index is 11.0. The molecule has 1 rings (SSSR count). The summed E-state index contributed by atoms with van der Waals surface area (Å²) in [6, 6.07) is -0.598. The van der Waals surface area contributed by atoms with Gasteiger partial charge in [-0.1, -0.05) is 0 Å². The van der Waals surface area contributed by atoms with Crippen molar-refractivity contribution in [1.82, 2.24) is 10.6 Å². The highest BCUT2D eigenvalue weighted by molar-refractivity contribution is 5.84. The normalized spacial score (nSPS) is 27.3. The van der Waals surface area contributed by atoms with Crippen LogP contribution in [0.3, 0.4) is 0 Å². The van der Waals surface area contributed by atoms with Crippen LogP contribution >= 0.6 is 0 Å². The SMILES string of the molecule is O=C(O)CCC1NC(=O)[C@H](CO)N1. The lowest BCUT2D eigenvalue weighted by Gasteiger charge is -2.08. The largest absolute Gasteiger partial charge is 0.481 e. The molecule has 1 aliphatic heterocycles. The number of carboxylic acid groups (broad SMARTS) is 1. The van der Waals surface area contributed by atoms with Crippen LogP contribution in [0, 0.1) is 0 Å². The van der Waals surface area contributed by atoms with Crippen molar-refractivity contribution in [2.24, 2.45) is 0 Å². The van der Waals surface area contributed by atoms with E-state index < -0.39 is 12.0 Å². The number of carbonyl (C=O) groups is 2. The van der Waals surface area contributed by atoms with E-state index in [4.69, 9.17) is 10.2 Å². The van der Waals surface area contributed by atoms with Crippen LogP contribution in [0.25, 0.3) is 0 Å². The molecule has 1 unspecified atom stereocenters. The number of aliphatic hydroxyl groups excluding tert-OH is 1. The molecule has 4 N–H and O–H groups in total. The van der Waals surface area contributed by atoms with Gasteiger partial charge in [-0.05, 0) is 6.42 Å². The summed E-state index contributed by atoms with van der Waals surface area (Å²) < 4.78 is 0. The van der Waals surface area contributed by atoms with E-state index in [1.54, 1.807) is 0 Å². The first kappa shape index (κ1) is 9.94. The van der Waals surface area contributed by atoms with Crippen molar-refractivity contribution in [1.29, 1.82) is 0 Å². The molecule has 1 fully saturated rings. The van der Waals surface area contributed by atoms with E-state index in [0.717, 1.165) is 0 Å². The van der Waals surface area contributed by atoms with E-state index in [9.17, 15) is 9.59 Å². The van der Waals surface area contributed by atoms with Gasteiger partial charge in [-0.15, -0.1) is 0 Å². The van der Waals surface area contributed by atoms with Crippen LogP contribution in [0.1, 0.15) is 12.8 Å². The Morgan fingerprint density at radius 1 is 1.54 bits per heavy atom. The van der Waals surface area contributed by atoms with Crippen molar-refractivity contribution in [2.45, 2.75) is 25.0 Å². The predicted octanol–water partition coefficient (Wildman–Crippen LogP) is -1.74. The van der Waals surface area contributed by atoms with E-state index >= 15 is 0 Å². The van der Waals surface area contributed by atoms with Gasteiger partial charge < -0.3 is 15.5 Å². The van der Waals surface area contributed by atoms with Crippen LogP contribution in [-0.2, 0) is 9.59 Å². The molecule has 13 heavy (non-hydrogen) atoms. The second-order valence-electron chi connectivity index (χ2n) is 2.90. The number of aliphatic hydroxyl groups is 1. The van der Waals surface area contributed by atoms with Gasteiger partial charge >= 0.3 is 5.97 Å². The number of carbonyl (C=O) groups excluding carboxylic acids is 1. The molecule has 0 aromatic heterocycles.